The number of rotatable bonds is 4. The molecule has 4 nitrogen and oxygen atoms in total. The molecule has 0 aliphatic heterocycles. The van der Waals surface area contributed by atoms with Crippen LogP contribution in [0.3, 0.4) is 0 Å². The van der Waals surface area contributed by atoms with Crippen molar-refractivity contribution in [1.29, 1.82) is 0 Å². The average Bonchev–Trinajstić information content (AvgIpc) is 3.18. The van der Waals surface area contributed by atoms with E-state index in [2.05, 4.69) is 6.92 Å². The van der Waals surface area contributed by atoms with Crippen LogP contribution in [0.4, 0.5) is 0 Å². The Morgan fingerprint density at radius 3 is 2.48 bits per heavy atom. The number of aromatic nitrogens is 2. The highest BCUT2D eigenvalue weighted by Crippen LogP contribution is 2.34. The molecule has 0 N–H and O–H groups in total. The van der Waals surface area contributed by atoms with Crippen LogP contribution < -0.4 is 11.2 Å². The van der Waals surface area contributed by atoms with E-state index in [-0.39, 0.29) is 11.2 Å². The van der Waals surface area contributed by atoms with Crippen molar-refractivity contribution in [1.82, 2.24) is 9.13 Å². The molecule has 0 saturated carbocycles. The predicted octanol–water partition coefficient (Wildman–Crippen LogP) is 5.36. The molecule has 0 unspecified atom stereocenters. The van der Waals surface area contributed by atoms with Gasteiger partial charge in [0.25, 0.3) is 5.56 Å². The van der Waals surface area contributed by atoms with E-state index in [4.69, 9.17) is 11.6 Å². The molecule has 0 saturated heterocycles. The van der Waals surface area contributed by atoms with Gasteiger partial charge in [0, 0.05) is 9.90 Å². The number of benzene rings is 2. The van der Waals surface area contributed by atoms with Gasteiger partial charge in [-0.3, -0.25) is 9.36 Å². The Bertz CT molecular complexity index is 1400. The third-order valence-electron chi connectivity index (χ3n) is 6.13. The lowest BCUT2D eigenvalue weighted by molar-refractivity contribution is 0.696. The molecular weight excluding hydrogens is 428 g/mol. The normalized spacial score (nSPS) is 13.5. The predicted molar refractivity (Wildman–Crippen MR) is 128 cm³/mol. The molecule has 0 radical (unpaired) electrons. The van der Waals surface area contributed by atoms with Crippen LogP contribution in [0.25, 0.3) is 15.9 Å². The van der Waals surface area contributed by atoms with Crippen LogP contribution in [0.2, 0.25) is 5.02 Å². The minimum Gasteiger partial charge on any atom is -0.279 e. The van der Waals surface area contributed by atoms with Gasteiger partial charge in [0.15, 0.2) is 0 Å². The van der Waals surface area contributed by atoms with E-state index in [1.165, 1.54) is 15.0 Å². The summed E-state index contributed by atoms with van der Waals surface area (Å²) in [6, 6.07) is 15.3. The van der Waals surface area contributed by atoms with Crippen molar-refractivity contribution in [3.63, 3.8) is 0 Å². The maximum Gasteiger partial charge on any atom is 0.337 e. The van der Waals surface area contributed by atoms with Crippen LogP contribution in [0, 0.1) is 0 Å². The molecule has 4 aromatic rings. The molecule has 0 bridgehead atoms. The maximum atomic E-state index is 13.7. The molecule has 5 rings (SSSR count). The molecule has 158 valence electrons. The number of nitrogens with zero attached hydrogens (tertiary/aromatic N) is 2. The van der Waals surface area contributed by atoms with Gasteiger partial charge in [0.2, 0.25) is 0 Å². The molecule has 0 atom stereocenters. The molecule has 0 amide bonds. The Morgan fingerprint density at radius 1 is 1.00 bits per heavy atom. The van der Waals surface area contributed by atoms with Crippen LogP contribution in [0.1, 0.15) is 41.3 Å². The summed E-state index contributed by atoms with van der Waals surface area (Å²) in [5.74, 6) is 0. The first-order valence-electron chi connectivity index (χ1n) is 10.7. The number of hydrogen-bond acceptors (Lipinski definition) is 3. The minimum atomic E-state index is -0.319. The van der Waals surface area contributed by atoms with Gasteiger partial charge in [-0.1, -0.05) is 48.9 Å². The number of halogens is 1. The van der Waals surface area contributed by atoms with Gasteiger partial charge < -0.3 is 0 Å². The highest BCUT2D eigenvalue weighted by Gasteiger charge is 2.24. The van der Waals surface area contributed by atoms with Gasteiger partial charge >= 0.3 is 5.69 Å². The van der Waals surface area contributed by atoms with E-state index >= 15 is 0 Å². The van der Waals surface area contributed by atoms with Gasteiger partial charge in [-0.2, -0.15) is 0 Å². The molecule has 0 spiro atoms. The van der Waals surface area contributed by atoms with Gasteiger partial charge in [0.1, 0.15) is 4.83 Å². The van der Waals surface area contributed by atoms with Crippen LogP contribution in [0.5, 0.6) is 0 Å². The van der Waals surface area contributed by atoms with E-state index in [0.29, 0.717) is 22.6 Å². The second-order valence-corrected chi connectivity index (χ2v) is 9.50. The largest absolute Gasteiger partial charge is 0.337 e. The van der Waals surface area contributed by atoms with E-state index in [9.17, 15) is 9.59 Å². The van der Waals surface area contributed by atoms with Crippen LogP contribution in [-0.4, -0.2) is 9.13 Å². The molecule has 6 heteroatoms. The Hall–Kier alpha value is -2.63. The fourth-order valence-corrected chi connectivity index (χ4v) is 5.98. The summed E-state index contributed by atoms with van der Waals surface area (Å²) in [5.41, 5.74) is 3.24. The van der Waals surface area contributed by atoms with E-state index < -0.39 is 0 Å². The van der Waals surface area contributed by atoms with Crippen molar-refractivity contribution in [2.24, 2.45) is 0 Å². The zero-order valence-electron chi connectivity index (χ0n) is 17.4. The first-order valence-corrected chi connectivity index (χ1v) is 11.9. The van der Waals surface area contributed by atoms with E-state index in [1.807, 2.05) is 48.5 Å². The van der Waals surface area contributed by atoms with Crippen molar-refractivity contribution >= 4 is 33.2 Å². The SMILES string of the molecule is CCc1ccc(-n2c(=O)c3c4c(sc3n(Cc3ccccc3Cl)c2=O)CCCC4)cc1. The highest BCUT2D eigenvalue weighted by atomic mass is 35.5. The summed E-state index contributed by atoms with van der Waals surface area (Å²) in [6.45, 7) is 2.42. The number of thiophene rings is 1. The quantitative estimate of drug-likeness (QED) is 0.420. The number of aryl methyl sites for hydroxylation is 3. The van der Waals surface area contributed by atoms with E-state index in [1.54, 1.807) is 15.9 Å². The van der Waals surface area contributed by atoms with Crippen molar-refractivity contribution in [2.75, 3.05) is 0 Å². The van der Waals surface area contributed by atoms with Gasteiger partial charge in [-0.15, -0.1) is 11.3 Å². The standard InChI is InChI=1S/C25H23ClN2O2S/c1-2-16-11-13-18(14-12-16)28-23(29)22-19-8-4-6-10-21(19)31-24(22)27(25(28)30)15-17-7-3-5-9-20(17)26/h3,5,7,9,11-14H,2,4,6,8,10,15H2,1H3. The first-order chi connectivity index (χ1) is 15.1. The summed E-state index contributed by atoms with van der Waals surface area (Å²) in [5, 5.41) is 1.32. The number of fused-ring (bicyclic) bond motifs is 3. The molecule has 2 heterocycles. The first kappa shape index (κ1) is 20.3. The van der Waals surface area contributed by atoms with Crippen LogP contribution >= 0.6 is 22.9 Å². The van der Waals surface area contributed by atoms with Crippen molar-refractivity contribution in [3.8, 4) is 5.69 Å². The van der Waals surface area contributed by atoms with Crippen molar-refractivity contribution in [2.45, 2.75) is 45.6 Å². The summed E-state index contributed by atoms with van der Waals surface area (Å²) in [4.78, 5) is 29.3. The third-order valence-corrected chi connectivity index (χ3v) is 7.81. The smallest absolute Gasteiger partial charge is 0.279 e. The van der Waals surface area contributed by atoms with Crippen molar-refractivity contribution < 1.29 is 0 Å². The zero-order chi connectivity index (χ0) is 21.5. The van der Waals surface area contributed by atoms with E-state index in [0.717, 1.165) is 48.1 Å². The molecule has 1 aliphatic rings. The highest BCUT2D eigenvalue weighted by molar-refractivity contribution is 7.18. The van der Waals surface area contributed by atoms with Gasteiger partial charge in [-0.05, 0) is 67.0 Å². The second-order valence-electron chi connectivity index (χ2n) is 8.01. The lowest BCUT2D eigenvalue weighted by Gasteiger charge is -2.14. The molecule has 2 aromatic carbocycles. The Labute approximate surface area is 189 Å². The van der Waals surface area contributed by atoms with Gasteiger partial charge in [-0.25, -0.2) is 9.36 Å². The minimum absolute atomic E-state index is 0.209. The second kappa shape index (κ2) is 8.13. The Balaban J connectivity index is 1.82. The Kier molecular flexibility index (Phi) is 5.32. The molecule has 1 aliphatic carbocycles. The Morgan fingerprint density at radius 2 is 1.74 bits per heavy atom. The van der Waals surface area contributed by atoms with Crippen molar-refractivity contribution in [3.05, 3.63) is 96.0 Å². The number of hydrogen-bond donors (Lipinski definition) is 0. The molecular formula is C25H23ClN2O2S. The summed E-state index contributed by atoms with van der Waals surface area (Å²) in [6.07, 6.45) is 4.97. The third kappa shape index (κ3) is 3.46. The molecule has 0 fully saturated rings. The van der Waals surface area contributed by atoms with Gasteiger partial charge in [0.05, 0.1) is 17.6 Å². The fourth-order valence-electron chi connectivity index (χ4n) is 4.41. The average molecular weight is 451 g/mol. The lowest BCUT2D eigenvalue weighted by atomic mass is 9.97. The summed E-state index contributed by atoms with van der Waals surface area (Å²) >= 11 is 8.02. The molecule has 31 heavy (non-hydrogen) atoms. The lowest BCUT2D eigenvalue weighted by Crippen LogP contribution is -2.39. The molecule has 2 aromatic heterocycles. The summed E-state index contributed by atoms with van der Waals surface area (Å²) < 4.78 is 3.06. The summed E-state index contributed by atoms with van der Waals surface area (Å²) in [7, 11) is 0. The monoisotopic (exact) mass is 450 g/mol. The maximum absolute atomic E-state index is 13.7. The van der Waals surface area contributed by atoms with Crippen LogP contribution in [-0.2, 0) is 25.8 Å². The zero-order valence-corrected chi connectivity index (χ0v) is 18.9. The van der Waals surface area contributed by atoms with Crippen LogP contribution in [0.15, 0.2) is 58.1 Å². The fraction of sp³-hybridized carbons (Fsp3) is 0.280. The topological polar surface area (TPSA) is 44.0 Å².